The molecule has 0 aliphatic rings. The van der Waals surface area contributed by atoms with Crippen molar-refractivity contribution in [3.63, 3.8) is 0 Å². The maximum atomic E-state index is 13.5. The van der Waals surface area contributed by atoms with Crippen LogP contribution in [0.2, 0.25) is 0 Å². The van der Waals surface area contributed by atoms with Crippen molar-refractivity contribution in [3.05, 3.63) is 63.2 Å². The lowest BCUT2D eigenvalue weighted by Crippen LogP contribution is -2.00. The Morgan fingerprint density at radius 1 is 1.09 bits per heavy atom. The van der Waals surface area contributed by atoms with Gasteiger partial charge in [0.2, 0.25) is 17.4 Å². The molecule has 0 saturated heterocycles. The first kappa shape index (κ1) is 15.2. The topological polar surface area (TPSA) is 76.2 Å². The van der Waals surface area contributed by atoms with Crippen LogP contribution in [0, 0.1) is 44.7 Å². The molecule has 0 aliphatic heterocycles. The molecule has 0 fully saturated rings. The van der Waals surface area contributed by atoms with E-state index in [9.17, 15) is 27.7 Å². The van der Waals surface area contributed by atoms with Crippen molar-refractivity contribution in [1.82, 2.24) is 0 Å². The number of rotatable bonds is 3. The van der Waals surface area contributed by atoms with Gasteiger partial charge in [-0.1, -0.05) is 0 Å². The van der Waals surface area contributed by atoms with Crippen LogP contribution in [0.25, 0.3) is 0 Å². The molecule has 0 bridgehead atoms. The first-order chi connectivity index (χ1) is 10.3. The van der Waals surface area contributed by atoms with Crippen molar-refractivity contribution in [2.45, 2.75) is 0 Å². The maximum Gasteiger partial charge on any atom is 0.271 e. The van der Waals surface area contributed by atoms with Crippen molar-refractivity contribution >= 4 is 5.69 Å². The van der Waals surface area contributed by atoms with Gasteiger partial charge in [0.25, 0.3) is 5.69 Å². The second-order valence-corrected chi connectivity index (χ2v) is 3.95. The fraction of sp³-hybridized carbons (Fsp3) is 0. The molecule has 2 aromatic carbocycles. The Bertz CT molecular complexity index is 792. The standard InChI is InChI=1S/C13H4F4N2O3/c14-8-4-9(15)12(17)13(11(8)16)22-10-2-1-7(19(20)21)3-6(10)5-18/h1-4H. The molecule has 0 aromatic heterocycles. The summed E-state index contributed by atoms with van der Waals surface area (Å²) in [6, 6.07) is 4.10. The number of hydrogen-bond donors (Lipinski definition) is 0. The van der Waals surface area contributed by atoms with Gasteiger partial charge in [0.05, 0.1) is 4.92 Å². The fourth-order valence-corrected chi connectivity index (χ4v) is 1.56. The molecule has 0 saturated carbocycles. The van der Waals surface area contributed by atoms with Crippen molar-refractivity contribution < 1.29 is 27.2 Å². The number of nitriles is 1. The van der Waals surface area contributed by atoms with Crippen LogP contribution in [0.3, 0.4) is 0 Å². The summed E-state index contributed by atoms with van der Waals surface area (Å²) in [6.45, 7) is 0. The molecule has 0 N–H and O–H groups in total. The Morgan fingerprint density at radius 3 is 2.18 bits per heavy atom. The molecule has 2 aromatic rings. The van der Waals surface area contributed by atoms with Gasteiger partial charge in [-0.05, 0) is 6.07 Å². The van der Waals surface area contributed by atoms with Crippen LogP contribution < -0.4 is 4.74 Å². The number of hydrogen-bond acceptors (Lipinski definition) is 4. The first-order valence-electron chi connectivity index (χ1n) is 5.54. The zero-order valence-electron chi connectivity index (χ0n) is 10.4. The van der Waals surface area contributed by atoms with Gasteiger partial charge in [-0.25, -0.2) is 8.78 Å². The predicted molar refractivity (Wildman–Crippen MR) is 64.2 cm³/mol. The van der Waals surface area contributed by atoms with Crippen molar-refractivity contribution in [2.24, 2.45) is 0 Å². The Morgan fingerprint density at radius 2 is 1.68 bits per heavy atom. The Hall–Kier alpha value is -3.15. The molecular weight excluding hydrogens is 308 g/mol. The second-order valence-electron chi connectivity index (χ2n) is 3.95. The number of nitrogens with zero attached hydrogens (tertiary/aromatic N) is 2. The number of ether oxygens (including phenoxy) is 1. The van der Waals surface area contributed by atoms with E-state index in [-0.39, 0.29) is 6.07 Å². The zero-order valence-corrected chi connectivity index (χ0v) is 10.4. The van der Waals surface area contributed by atoms with Crippen LogP contribution in [0.4, 0.5) is 23.2 Å². The quantitative estimate of drug-likeness (QED) is 0.374. The summed E-state index contributed by atoms with van der Waals surface area (Å²) in [4.78, 5) is 9.77. The molecule has 0 amide bonds. The summed E-state index contributed by atoms with van der Waals surface area (Å²) < 4.78 is 57.7. The van der Waals surface area contributed by atoms with E-state index < -0.39 is 50.9 Å². The van der Waals surface area contributed by atoms with Crippen LogP contribution in [0.1, 0.15) is 5.56 Å². The van der Waals surface area contributed by atoms with Crippen molar-refractivity contribution in [2.75, 3.05) is 0 Å². The molecule has 0 heterocycles. The number of halogens is 4. The van der Waals surface area contributed by atoms with Crippen LogP contribution in [-0.4, -0.2) is 4.92 Å². The average molecular weight is 312 g/mol. The minimum atomic E-state index is -1.79. The highest BCUT2D eigenvalue weighted by Crippen LogP contribution is 2.33. The van der Waals surface area contributed by atoms with Crippen LogP contribution in [0.5, 0.6) is 11.5 Å². The van der Waals surface area contributed by atoms with E-state index in [1.54, 1.807) is 0 Å². The summed E-state index contributed by atoms with van der Waals surface area (Å²) in [5.74, 6) is -8.83. The van der Waals surface area contributed by atoms with E-state index in [4.69, 9.17) is 5.26 Å². The van der Waals surface area contributed by atoms with Crippen molar-refractivity contribution in [1.29, 1.82) is 5.26 Å². The second kappa shape index (κ2) is 5.69. The minimum absolute atomic E-state index is 0.00142. The van der Waals surface area contributed by atoms with Crippen LogP contribution in [-0.2, 0) is 0 Å². The molecular formula is C13H4F4N2O3. The van der Waals surface area contributed by atoms with Crippen LogP contribution in [0.15, 0.2) is 24.3 Å². The molecule has 0 radical (unpaired) electrons. The van der Waals surface area contributed by atoms with E-state index in [0.29, 0.717) is 0 Å². The Kier molecular flexibility index (Phi) is 3.94. The first-order valence-corrected chi connectivity index (χ1v) is 5.54. The Balaban J connectivity index is 2.53. The van der Waals surface area contributed by atoms with E-state index in [1.165, 1.54) is 6.07 Å². The van der Waals surface area contributed by atoms with Gasteiger partial charge in [-0.15, -0.1) is 0 Å². The highest BCUT2D eigenvalue weighted by atomic mass is 19.2. The summed E-state index contributed by atoms with van der Waals surface area (Å²) in [6.07, 6.45) is 0. The molecule has 0 spiro atoms. The average Bonchev–Trinajstić information content (AvgIpc) is 2.49. The summed E-state index contributed by atoms with van der Waals surface area (Å²) in [5.41, 5.74) is -0.895. The fourth-order valence-electron chi connectivity index (χ4n) is 1.56. The monoisotopic (exact) mass is 312 g/mol. The van der Waals surface area contributed by atoms with Gasteiger partial charge in [-0.3, -0.25) is 10.1 Å². The van der Waals surface area contributed by atoms with Gasteiger partial charge in [0.1, 0.15) is 17.4 Å². The highest BCUT2D eigenvalue weighted by molar-refractivity contribution is 5.51. The lowest BCUT2D eigenvalue weighted by atomic mass is 10.2. The summed E-state index contributed by atoms with van der Waals surface area (Å²) in [7, 11) is 0. The maximum absolute atomic E-state index is 13.5. The molecule has 5 nitrogen and oxygen atoms in total. The van der Waals surface area contributed by atoms with E-state index in [2.05, 4.69) is 4.74 Å². The van der Waals surface area contributed by atoms with Gasteiger partial charge in [0.15, 0.2) is 11.6 Å². The molecule has 0 atom stereocenters. The third-order valence-corrected chi connectivity index (χ3v) is 2.58. The van der Waals surface area contributed by atoms with Crippen molar-refractivity contribution in [3.8, 4) is 17.6 Å². The number of nitro groups is 1. The zero-order chi connectivity index (χ0) is 16.4. The molecule has 9 heteroatoms. The molecule has 0 unspecified atom stereocenters. The van der Waals surface area contributed by atoms with Gasteiger partial charge in [-0.2, -0.15) is 14.0 Å². The van der Waals surface area contributed by atoms with E-state index >= 15 is 0 Å². The largest absolute Gasteiger partial charge is 0.450 e. The van der Waals surface area contributed by atoms with Crippen LogP contribution >= 0.6 is 0 Å². The number of non-ortho nitro benzene ring substituents is 1. The molecule has 22 heavy (non-hydrogen) atoms. The normalized spacial score (nSPS) is 10.1. The Labute approximate surface area is 120 Å². The molecule has 2 rings (SSSR count). The van der Waals surface area contributed by atoms with Gasteiger partial charge >= 0.3 is 0 Å². The predicted octanol–water partition coefficient (Wildman–Crippen LogP) is 3.82. The summed E-state index contributed by atoms with van der Waals surface area (Å²) >= 11 is 0. The summed E-state index contributed by atoms with van der Waals surface area (Å²) in [5, 5.41) is 19.4. The smallest absolute Gasteiger partial charge is 0.271 e. The lowest BCUT2D eigenvalue weighted by Gasteiger charge is -2.10. The lowest BCUT2D eigenvalue weighted by molar-refractivity contribution is -0.384. The minimum Gasteiger partial charge on any atom is -0.450 e. The van der Waals surface area contributed by atoms with E-state index in [0.717, 1.165) is 18.2 Å². The molecule has 112 valence electrons. The third-order valence-electron chi connectivity index (χ3n) is 2.58. The number of benzene rings is 2. The van der Waals surface area contributed by atoms with Gasteiger partial charge in [0, 0.05) is 18.2 Å². The SMILES string of the molecule is N#Cc1cc([N+](=O)[O-])ccc1Oc1c(F)c(F)cc(F)c1F. The molecule has 0 aliphatic carbocycles. The highest BCUT2D eigenvalue weighted by Gasteiger charge is 2.22. The third kappa shape index (κ3) is 2.67. The number of nitro benzene ring substituents is 1. The van der Waals surface area contributed by atoms with E-state index in [1.807, 2.05) is 0 Å². The van der Waals surface area contributed by atoms with Gasteiger partial charge < -0.3 is 4.74 Å².